The van der Waals surface area contributed by atoms with Crippen LogP contribution in [0.4, 0.5) is 4.39 Å². The van der Waals surface area contributed by atoms with Gasteiger partial charge in [0.1, 0.15) is 23.2 Å². The highest BCUT2D eigenvalue weighted by atomic mass is 19.1. The number of allylic oxidation sites excluding steroid dienone is 2. The van der Waals surface area contributed by atoms with Gasteiger partial charge in [-0.05, 0) is 60.9 Å². The lowest BCUT2D eigenvalue weighted by Crippen LogP contribution is -2.34. The zero-order valence-electron chi connectivity index (χ0n) is 16.6. The van der Waals surface area contributed by atoms with Crippen molar-refractivity contribution in [2.75, 3.05) is 20.8 Å². The Labute approximate surface area is 169 Å². The van der Waals surface area contributed by atoms with Crippen LogP contribution in [0, 0.1) is 11.7 Å². The Morgan fingerprint density at radius 2 is 1.93 bits per heavy atom. The molecule has 0 unspecified atom stereocenters. The van der Waals surface area contributed by atoms with Gasteiger partial charge in [0.05, 0.1) is 20.8 Å². The molecule has 1 aliphatic rings. The lowest BCUT2D eigenvalue weighted by molar-refractivity contribution is -0.151. The minimum absolute atomic E-state index is 0.172. The number of esters is 1. The third kappa shape index (κ3) is 4.31. The Morgan fingerprint density at radius 3 is 2.59 bits per heavy atom. The van der Waals surface area contributed by atoms with Crippen LogP contribution in [-0.4, -0.2) is 32.6 Å². The first kappa shape index (κ1) is 20.6. The molecule has 29 heavy (non-hydrogen) atoms. The molecule has 5 nitrogen and oxygen atoms in total. The summed E-state index contributed by atoms with van der Waals surface area (Å²) in [6, 6.07) is 11.3. The van der Waals surface area contributed by atoms with Gasteiger partial charge in [-0.3, -0.25) is 9.59 Å². The standard InChI is InChI=1S/C23H23FO5/c1-4-29-23(26)22-19(18-13-17(27-2)8-9-21(18)28-3)11-15(12-20(22)25)14-6-5-7-16(24)10-14/h5-10,12-13,19,22H,4,11H2,1-3H3/t19-,22+/m0/s1. The van der Waals surface area contributed by atoms with Crippen LogP contribution in [0.25, 0.3) is 5.57 Å². The minimum atomic E-state index is -1.01. The van der Waals surface area contributed by atoms with Crippen LogP contribution in [0.3, 0.4) is 0 Å². The van der Waals surface area contributed by atoms with E-state index in [4.69, 9.17) is 14.2 Å². The molecule has 2 atom stereocenters. The lowest BCUT2D eigenvalue weighted by atomic mass is 9.73. The zero-order chi connectivity index (χ0) is 21.0. The van der Waals surface area contributed by atoms with Crippen molar-refractivity contribution in [3.05, 3.63) is 65.5 Å². The fraction of sp³-hybridized carbons (Fsp3) is 0.304. The molecular formula is C23H23FO5. The molecule has 0 aromatic heterocycles. The Kier molecular flexibility index (Phi) is 6.32. The van der Waals surface area contributed by atoms with Gasteiger partial charge < -0.3 is 14.2 Å². The van der Waals surface area contributed by atoms with E-state index >= 15 is 0 Å². The van der Waals surface area contributed by atoms with Gasteiger partial charge in [-0.1, -0.05) is 12.1 Å². The molecule has 1 aliphatic carbocycles. The summed E-state index contributed by atoms with van der Waals surface area (Å²) in [4.78, 5) is 25.6. The first-order chi connectivity index (χ1) is 14.0. The van der Waals surface area contributed by atoms with Gasteiger partial charge in [0.25, 0.3) is 0 Å². The van der Waals surface area contributed by atoms with E-state index in [9.17, 15) is 14.0 Å². The number of carbonyl (C=O) groups excluding carboxylic acids is 2. The Bertz CT molecular complexity index is 950. The van der Waals surface area contributed by atoms with Crippen molar-refractivity contribution in [2.45, 2.75) is 19.3 Å². The normalized spacial score (nSPS) is 18.8. The van der Waals surface area contributed by atoms with E-state index in [1.165, 1.54) is 25.3 Å². The van der Waals surface area contributed by atoms with Crippen molar-refractivity contribution in [3.8, 4) is 11.5 Å². The summed E-state index contributed by atoms with van der Waals surface area (Å²) in [7, 11) is 3.07. The average molecular weight is 398 g/mol. The molecule has 0 amide bonds. The topological polar surface area (TPSA) is 61.8 Å². The Balaban J connectivity index is 2.12. The number of ketones is 1. The number of rotatable bonds is 6. The van der Waals surface area contributed by atoms with Crippen molar-refractivity contribution in [1.29, 1.82) is 0 Å². The maximum atomic E-state index is 13.7. The molecule has 3 rings (SSSR count). The van der Waals surface area contributed by atoms with Crippen molar-refractivity contribution < 1.29 is 28.2 Å². The van der Waals surface area contributed by atoms with E-state index in [0.717, 1.165) is 0 Å². The Hall–Kier alpha value is -3.15. The molecule has 152 valence electrons. The summed E-state index contributed by atoms with van der Waals surface area (Å²) < 4.78 is 29.7. The molecule has 0 radical (unpaired) electrons. The molecule has 2 aromatic carbocycles. The summed E-state index contributed by atoms with van der Waals surface area (Å²) in [6.45, 7) is 1.87. The van der Waals surface area contributed by atoms with E-state index in [2.05, 4.69) is 0 Å². The van der Waals surface area contributed by atoms with Crippen LogP contribution in [0.1, 0.15) is 30.4 Å². The zero-order valence-corrected chi connectivity index (χ0v) is 16.6. The molecule has 2 aromatic rings. The van der Waals surface area contributed by atoms with Crippen LogP contribution >= 0.6 is 0 Å². The van der Waals surface area contributed by atoms with Crippen molar-refractivity contribution in [3.63, 3.8) is 0 Å². The Morgan fingerprint density at radius 1 is 1.14 bits per heavy atom. The average Bonchev–Trinajstić information content (AvgIpc) is 2.72. The van der Waals surface area contributed by atoms with E-state index in [-0.39, 0.29) is 18.2 Å². The summed E-state index contributed by atoms with van der Waals surface area (Å²) in [5, 5.41) is 0. The van der Waals surface area contributed by atoms with E-state index < -0.39 is 17.8 Å². The smallest absolute Gasteiger partial charge is 0.317 e. The van der Waals surface area contributed by atoms with Gasteiger partial charge in [0, 0.05) is 11.5 Å². The van der Waals surface area contributed by atoms with Gasteiger partial charge in [0.2, 0.25) is 0 Å². The molecule has 0 bridgehead atoms. The summed E-state index contributed by atoms with van der Waals surface area (Å²) in [5.74, 6) is -1.76. The second kappa shape index (κ2) is 8.90. The van der Waals surface area contributed by atoms with Crippen LogP contribution in [0.15, 0.2) is 48.5 Å². The van der Waals surface area contributed by atoms with Crippen molar-refractivity contribution in [1.82, 2.24) is 0 Å². The SMILES string of the molecule is CCOC(=O)[C@H]1C(=O)C=C(c2cccc(F)c2)C[C@H]1c1cc(OC)ccc1OC. The van der Waals surface area contributed by atoms with Crippen LogP contribution in [0.5, 0.6) is 11.5 Å². The molecular weight excluding hydrogens is 375 g/mol. The van der Waals surface area contributed by atoms with Gasteiger partial charge in [-0.25, -0.2) is 4.39 Å². The quantitative estimate of drug-likeness (QED) is 0.540. The molecule has 0 N–H and O–H groups in total. The van der Waals surface area contributed by atoms with E-state index in [1.54, 1.807) is 44.4 Å². The second-order valence-corrected chi connectivity index (χ2v) is 6.73. The predicted octanol–water partition coefficient (Wildman–Crippen LogP) is 4.16. The number of carbonyl (C=O) groups is 2. The third-order valence-corrected chi connectivity index (χ3v) is 5.04. The number of methoxy groups -OCH3 is 2. The molecule has 6 heteroatoms. The van der Waals surface area contributed by atoms with Gasteiger partial charge >= 0.3 is 5.97 Å². The monoisotopic (exact) mass is 398 g/mol. The van der Waals surface area contributed by atoms with Crippen LogP contribution in [0.2, 0.25) is 0 Å². The van der Waals surface area contributed by atoms with Crippen molar-refractivity contribution in [2.24, 2.45) is 5.92 Å². The highest BCUT2D eigenvalue weighted by Crippen LogP contribution is 2.44. The third-order valence-electron chi connectivity index (χ3n) is 5.04. The highest BCUT2D eigenvalue weighted by Gasteiger charge is 2.41. The largest absolute Gasteiger partial charge is 0.497 e. The maximum Gasteiger partial charge on any atom is 0.317 e. The second-order valence-electron chi connectivity index (χ2n) is 6.73. The number of halogens is 1. The summed E-state index contributed by atoms with van der Waals surface area (Å²) >= 11 is 0. The van der Waals surface area contributed by atoms with Gasteiger partial charge in [-0.15, -0.1) is 0 Å². The molecule has 0 aliphatic heterocycles. The van der Waals surface area contributed by atoms with Gasteiger partial charge in [-0.2, -0.15) is 0 Å². The highest BCUT2D eigenvalue weighted by molar-refractivity contribution is 6.10. The lowest BCUT2D eigenvalue weighted by Gasteiger charge is -2.30. The minimum Gasteiger partial charge on any atom is -0.497 e. The molecule has 0 fully saturated rings. The fourth-order valence-electron chi connectivity index (χ4n) is 3.69. The van der Waals surface area contributed by atoms with E-state index in [0.29, 0.717) is 34.6 Å². The van der Waals surface area contributed by atoms with E-state index in [1.807, 2.05) is 0 Å². The number of hydrogen-bond donors (Lipinski definition) is 0. The molecule has 0 saturated carbocycles. The number of ether oxygens (including phenoxy) is 3. The summed E-state index contributed by atoms with van der Waals surface area (Å²) in [5.41, 5.74) is 1.93. The van der Waals surface area contributed by atoms with Crippen molar-refractivity contribution >= 4 is 17.3 Å². The van der Waals surface area contributed by atoms with Crippen LogP contribution < -0.4 is 9.47 Å². The summed E-state index contributed by atoms with van der Waals surface area (Å²) in [6.07, 6.45) is 1.77. The maximum absolute atomic E-state index is 13.7. The molecule has 0 saturated heterocycles. The number of hydrogen-bond acceptors (Lipinski definition) is 5. The van der Waals surface area contributed by atoms with Gasteiger partial charge in [0.15, 0.2) is 5.78 Å². The van der Waals surface area contributed by atoms with Crippen LogP contribution in [-0.2, 0) is 14.3 Å². The predicted molar refractivity (Wildman–Crippen MR) is 106 cm³/mol. The molecule has 0 heterocycles. The first-order valence-corrected chi connectivity index (χ1v) is 9.37. The number of benzene rings is 2. The fourth-order valence-corrected chi connectivity index (χ4v) is 3.69. The molecule has 0 spiro atoms. The first-order valence-electron chi connectivity index (χ1n) is 9.37.